The fraction of sp³-hybridized carbons (Fsp3) is 0.500. The minimum atomic E-state index is -0.813. The molecular formula is C8H11NO3. The van der Waals surface area contributed by atoms with E-state index in [9.17, 15) is 9.59 Å². The Morgan fingerprint density at radius 2 is 2.00 bits per heavy atom. The average Bonchev–Trinajstić information content (AvgIpc) is 1.85. The zero-order valence-corrected chi connectivity index (χ0v) is 7.30. The molecule has 0 atom stereocenters. The third kappa shape index (κ3) is 3.68. The molecule has 0 aliphatic rings. The highest BCUT2D eigenvalue weighted by molar-refractivity contribution is 6.14. The SMILES string of the molecule is CC(C)(C)OC(=O)C(=C=N)C=O. The average molecular weight is 169 g/mol. The standard InChI is InChI=1S/C8H11NO3/c1-8(2,3)12-7(11)6(4-9)5-10/h5,9H,1-3H3. The van der Waals surface area contributed by atoms with Gasteiger partial charge in [-0.1, -0.05) is 0 Å². The van der Waals surface area contributed by atoms with Crippen LogP contribution in [0.2, 0.25) is 0 Å². The molecule has 0 bridgehead atoms. The number of esters is 1. The van der Waals surface area contributed by atoms with Crippen molar-refractivity contribution in [2.24, 2.45) is 0 Å². The number of aldehydes is 1. The summed E-state index contributed by atoms with van der Waals surface area (Å²) in [6.07, 6.45) is 0.251. The fourth-order valence-electron chi connectivity index (χ4n) is 0.462. The summed E-state index contributed by atoms with van der Waals surface area (Å²) in [4.78, 5) is 21.1. The lowest BCUT2D eigenvalue weighted by molar-refractivity contribution is -0.149. The molecule has 0 aliphatic carbocycles. The second-order valence-electron chi connectivity index (χ2n) is 3.16. The number of ether oxygens (including phenoxy) is 1. The van der Waals surface area contributed by atoms with Crippen LogP contribution in [0.5, 0.6) is 0 Å². The van der Waals surface area contributed by atoms with Crippen molar-refractivity contribution in [2.75, 3.05) is 0 Å². The van der Waals surface area contributed by atoms with Crippen molar-refractivity contribution < 1.29 is 14.3 Å². The van der Waals surface area contributed by atoms with Gasteiger partial charge in [0.25, 0.3) is 0 Å². The van der Waals surface area contributed by atoms with E-state index in [1.165, 1.54) is 0 Å². The molecule has 0 rings (SSSR count). The van der Waals surface area contributed by atoms with Gasteiger partial charge in [-0.05, 0) is 26.6 Å². The maximum absolute atomic E-state index is 10.9. The van der Waals surface area contributed by atoms with Crippen LogP contribution in [0.25, 0.3) is 0 Å². The number of carbonyl (C=O) groups excluding carboxylic acids is 2. The van der Waals surface area contributed by atoms with Crippen LogP contribution in [0, 0.1) is 5.41 Å². The van der Waals surface area contributed by atoms with Crippen molar-refractivity contribution in [3.05, 3.63) is 5.57 Å². The molecule has 4 nitrogen and oxygen atoms in total. The molecule has 0 radical (unpaired) electrons. The van der Waals surface area contributed by atoms with Crippen molar-refractivity contribution in [1.82, 2.24) is 0 Å². The zero-order valence-electron chi connectivity index (χ0n) is 7.30. The number of nitrogens with one attached hydrogen (secondary N) is 1. The van der Waals surface area contributed by atoms with E-state index in [4.69, 9.17) is 10.1 Å². The second kappa shape index (κ2) is 3.83. The minimum absolute atomic E-state index is 0.251. The van der Waals surface area contributed by atoms with Crippen molar-refractivity contribution >= 4 is 18.1 Å². The summed E-state index contributed by atoms with van der Waals surface area (Å²) in [6, 6.07) is 0. The van der Waals surface area contributed by atoms with Crippen LogP contribution in [0.4, 0.5) is 0 Å². The first kappa shape index (κ1) is 10.6. The largest absolute Gasteiger partial charge is 0.456 e. The highest BCUT2D eigenvalue weighted by Crippen LogP contribution is 2.08. The molecule has 4 heteroatoms. The Balaban J connectivity index is 4.43. The molecule has 0 fully saturated rings. The molecule has 0 saturated carbocycles. The van der Waals surface area contributed by atoms with E-state index in [0.717, 1.165) is 0 Å². The first-order valence-electron chi connectivity index (χ1n) is 3.39. The highest BCUT2D eigenvalue weighted by Gasteiger charge is 2.19. The lowest BCUT2D eigenvalue weighted by Gasteiger charge is -2.18. The lowest BCUT2D eigenvalue weighted by Crippen LogP contribution is -2.25. The van der Waals surface area contributed by atoms with Crippen molar-refractivity contribution in [1.29, 1.82) is 5.41 Å². The van der Waals surface area contributed by atoms with E-state index in [1.807, 2.05) is 0 Å². The summed E-state index contributed by atoms with van der Waals surface area (Å²) in [7, 11) is 0. The van der Waals surface area contributed by atoms with Gasteiger partial charge < -0.3 is 4.74 Å². The summed E-state index contributed by atoms with van der Waals surface area (Å²) in [5.41, 5.74) is -1.05. The van der Waals surface area contributed by atoms with Gasteiger partial charge in [0.15, 0.2) is 11.9 Å². The molecule has 0 aliphatic heterocycles. The smallest absolute Gasteiger partial charge is 0.351 e. The maximum Gasteiger partial charge on any atom is 0.351 e. The number of carbonyl (C=O) groups is 2. The van der Waals surface area contributed by atoms with Gasteiger partial charge >= 0.3 is 5.97 Å². The van der Waals surface area contributed by atoms with E-state index >= 15 is 0 Å². The van der Waals surface area contributed by atoms with Crippen LogP contribution in [0.3, 0.4) is 0 Å². The predicted octanol–water partition coefficient (Wildman–Crippen LogP) is 0.702. The quantitative estimate of drug-likeness (QED) is 0.165. The first-order valence-corrected chi connectivity index (χ1v) is 3.39. The normalized spacial score (nSPS) is 9.92. The van der Waals surface area contributed by atoms with Gasteiger partial charge in [0.1, 0.15) is 5.60 Å². The number of rotatable bonds is 2. The van der Waals surface area contributed by atoms with Gasteiger partial charge in [-0.25, -0.2) is 4.79 Å². The molecule has 0 unspecified atom stereocenters. The number of hydrogen-bond donors (Lipinski definition) is 1. The Kier molecular flexibility index (Phi) is 3.38. The first-order chi connectivity index (χ1) is 5.40. The third-order valence-electron chi connectivity index (χ3n) is 0.871. The van der Waals surface area contributed by atoms with Crippen LogP contribution < -0.4 is 0 Å². The van der Waals surface area contributed by atoms with Gasteiger partial charge in [0.2, 0.25) is 0 Å². The van der Waals surface area contributed by atoms with Crippen LogP contribution >= 0.6 is 0 Å². The summed E-state index contributed by atoms with van der Waals surface area (Å²) in [5, 5.41) is 6.58. The van der Waals surface area contributed by atoms with Gasteiger partial charge in [-0.15, -0.1) is 0 Å². The fourth-order valence-corrected chi connectivity index (χ4v) is 0.462. The molecule has 0 saturated heterocycles. The van der Waals surface area contributed by atoms with E-state index in [-0.39, 0.29) is 6.29 Å². The van der Waals surface area contributed by atoms with Crippen LogP contribution in [-0.2, 0) is 14.3 Å². The molecule has 1 N–H and O–H groups in total. The van der Waals surface area contributed by atoms with Crippen molar-refractivity contribution in [2.45, 2.75) is 26.4 Å². The summed E-state index contributed by atoms with van der Waals surface area (Å²) < 4.78 is 4.79. The van der Waals surface area contributed by atoms with Crippen LogP contribution in [0.1, 0.15) is 20.8 Å². The van der Waals surface area contributed by atoms with Gasteiger partial charge in [-0.3, -0.25) is 10.2 Å². The Labute approximate surface area is 70.7 Å². The van der Waals surface area contributed by atoms with E-state index in [1.54, 1.807) is 26.6 Å². The van der Waals surface area contributed by atoms with Crippen molar-refractivity contribution in [3.63, 3.8) is 0 Å². The van der Waals surface area contributed by atoms with E-state index in [2.05, 4.69) is 0 Å². The van der Waals surface area contributed by atoms with Gasteiger partial charge in [0.05, 0.1) is 0 Å². The Hall–Kier alpha value is -1.41. The Morgan fingerprint density at radius 3 is 2.25 bits per heavy atom. The number of hydrogen-bond acceptors (Lipinski definition) is 4. The van der Waals surface area contributed by atoms with E-state index in [0.29, 0.717) is 0 Å². The topological polar surface area (TPSA) is 67.2 Å². The Bertz CT molecular complexity index is 244. The van der Waals surface area contributed by atoms with Gasteiger partial charge in [0, 0.05) is 0 Å². The minimum Gasteiger partial charge on any atom is -0.456 e. The molecule has 66 valence electrons. The lowest BCUT2D eigenvalue weighted by atomic mass is 10.2. The van der Waals surface area contributed by atoms with Crippen LogP contribution in [0.15, 0.2) is 5.57 Å². The zero-order chi connectivity index (χ0) is 9.78. The summed E-state index contributed by atoms with van der Waals surface area (Å²) in [5.74, 6) is 0.886. The molecule has 0 spiro atoms. The van der Waals surface area contributed by atoms with Crippen LogP contribution in [-0.4, -0.2) is 23.7 Å². The maximum atomic E-state index is 10.9. The molecule has 12 heavy (non-hydrogen) atoms. The second-order valence-corrected chi connectivity index (χ2v) is 3.16. The monoisotopic (exact) mass is 169 g/mol. The molecule has 0 aromatic heterocycles. The molecule has 0 aromatic rings. The molecule has 0 heterocycles. The summed E-state index contributed by atoms with van der Waals surface area (Å²) in [6.45, 7) is 5.03. The molecule has 0 amide bonds. The van der Waals surface area contributed by atoms with E-state index < -0.39 is 17.1 Å². The summed E-state index contributed by atoms with van der Waals surface area (Å²) >= 11 is 0. The van der Waals surface area contributed by atoms with Crippen molar-refractivity contribution in [3.8, 4) is 0 Å². The highest BCUT2D eigenvalue weighted by atomic mass is 16.6. The predicted molar refractivity (Wildman–Crippen MR) is 43.1 cm³/mol. The third-order valence-corrected chi connectivity index (χ3v) is 0.871. The molecule has 0 aromatic carbocycles. The van der Waals surface area contributed by atoms with Gasteiger partial charge in [-0.2, -0.15) is 0 Å². The molecular weight excluding hydrogens is 158 g/mol. The Morgan fingerprint density at radius 1 is 1.50 bits per heavy atom.